The van der Waals surface area contributed by atoms with Gasteiger partial charge in [-0.1, -0.05) is 12.8 Å². The summed E-state index contributed by atoms with van der Waals surface area (Å²) in [5.41, 5.74) is 0.205. The Bertz CT molecular complexity index is 421. The van der Waals surface area contributed by atoms with Crippen molar-refractivity contribution in [1.82, 2.24) is 9.97 Å². The summed E-state index contributed by atoms with van der Waals surface area (Å²) in [6.07, 6.45) is 8.13. The van der Waals surface area contributed by atoms with Gasteiger partial charge in [0.1, 0.15) is 0 Å². The zero-order valence-electron chi connectivity index (χ0n) is 10.9. The van der Waals surface area contributed by atoms with E-state index in [1.165, 1.54) is 0 Å². The summed E-state index contributed by atoms with van der Waals surface area (Å²) in [5, 5.41) is 3.11. The molecule has 0 amide bonds. The molecule has 0 spiro atoms. The van der Waals surface area contributed by atoms with E-state index >= 15 is 0 Å². The van der Waals surface area contributed by atoms with Gasteiger partial charge in [0.15, 0.2) is 5.60 Å². The summed E-state index contributed by atoms with van der Waals surface area (Å²) in [4.78, 5) is 8.48. The molecule has 1 rings (SSSR count). The van der Waals surface area contributed by atoms with E-state index in [4.69, 9.17) is 11.2 Å². The molecule has 92 valence electrons. The van der Waals surface area contributed by atoms with Crippen molar-refractivity contribution in [2.75, 3.05) is 11.9 Å². The second-order valence-corrected chi connectivity index (χ2v) is 4.37. The van der Waals surface area contributed by atoms with Gasteiger partial charge in [-0.2, -0.15) is 4.98 Å². The van der Waals surface area contributed by atoms with E-state index in [1.54, 1.807) is 6.20 Å². The SMILES string of the molecule is C#CC(C)(C)Oc1nc(NCCC)ncc1C. The number of ether oxygens (including phenoxy) is 1. The Morgan fingerprint density at radius 1 is 1.53 bits per heavy atom. The molecule has 1 aromatic rings. The van der Waals surface area contributed by atoms with E-state index in [0.717, 1.165) is 18.5 Å². The summed E-state index contributed by atoms with van der Waals surface area (Å²) < 4.78 is 5.68. The topological polar surface area (TPSA) is 47.0 Å². The highest BCUT2D eigenvalue weighted by Crippen LogP contribution is 2.20. The van der Waals surface area contributed by atoms with Gasteiger partial charge in [-0.3, -0.25) is 0 Å². The highest BCUT2D eigenvalue weighted by molar-refractivity contribution is 5.33. The molecule has 4 heteroatoms. The third kappa shape index (κ3) is 3.95. The molecular formula is C13H19N3O. The highest BCUT2D eigenvalue weighted by atomic mass is 16.5. The fraction of sp³-hybridized carbons (Fsp3) is 0.538. The molecule has 0 saturated carbocycles. The van der Waals surface area contributed by atoms with Gasteiger partial charge in [-0.15, -0.1) is 6.42 Å². The number of terminal acetylenes is 1. The molecule has 0 saturated heterocycles. The first-order chi connectivity index (χ1) is 7.98. The van der Waals surface area contributed by atoms with Crippen LogP contribution in [0.3, 0.4) is 0 Å². The minimum atomic E-state index is -0.666. The van der Waals surface area contributed by atoms with Crippen molar-refractivity contribution in [3.63, 3.8) is 0 Å². The summed E-state index contributed by atoms with van der Waals surface area (Å²) in [6, 6.07) is 0. The molecule has 0 aromatic carbocycles. The van der Waals surface area contributed by atoms with Crippen LogP contribution in [0.25, 0.3) is 0 Å². The Kier molecular flexibility index (Phi) is 4.33. The molecule has 0 radical (unpaired) electrons. The first kappa shape index (κ1) is 13.3. The Hall–Kier alpha value is -1.76. The molecule has 0 aliphatic rings. The fourth-order valence-electron chi connectivity index (χ4n) is 1.12. The van der Waals surface area contributed by atoms with Gasteiger partial charge in [0.2, 0.25) is 11.8 Å². The molecule has 0 fully saturated rings. The van der Waals surface area contributed by atoms with E-state index in [9.17, 15) is 0 Å². The summed E-state index contributed by atoms with van der Waals surface area (Å²) in [6.45, 7) is 8.47. The smallest absolute Gasteiger partial charge is 0.225 e. The predicted molar refractivity (Wildman–Crippen MR) is 69.1 cm³/mol. The lowest BCUT2D eigenvalue weighted by Crippen LogP contribution is -2.26. The number of hydrogen-bond donors (Lipinski definition) is 1. The second-order valence-electron chi connectivity index (χ2n) is 4.37. The summed E-state index contributed by atoms with van der Waals surface area (Å²) in [7, 11) is 0. The first-order valence-electron chi connectivity index (χ1n) is 5.73. The van der Waals surface area contributed by atoms with Crippen molar-refractivity contribution in [2.24, 2.45) is 0 Å². The quantitative estimate of drug-likeness (QED) is 0.793. The summed E-state index contributed by atoms with van der Waals surface area (Å²) >= 11 is 0. The van der Waals surface area contributed by atoms with Crippen LogP contribution in [-0.2, 0) is 0 Å². The number of aromatic nitrogens is 2. The van der Waals surface area contributed by atoms with Crippen LogP contribution in [0.5, 0.6) is 5.88 Å². The van der Waals surface area contributed by atoms with Crippen molar-refractivity contribution in [3.05, 3.63) is 11.8 Å². The minimum absolute atomic E-state index is 0.529. The normalized spacial score (nSPS) is 10.8. The van der Waals surface area contributed by atoms with Crippen molar-refractivity contribution >= 4 is 5.95 Å². The lowest BCUT2D eigenvalue weighted by atomic mass is 10.1. The first-order valence-corrected chi connectivity index (χ1v) is 5.73. The molecular weight excluding hydrogens is 214 g/mol. The number of hydrogen-bond acceptors (Lipinski definition) is 4. The van der Waals surface area contributed by atoms with Crippen LogP contribution in [0.1, 0.15) is 32.8 Å². The molecule has 1 heterocycles. The average molecular weight is 233 g/mol. The summed E-state index contributed by atoms with van der Waals surface area (Å²) in [5.74, 6) is 3.68. The van der Waals surface area contributed by atoms with Crippen LogP contribution in [0.15, 0.2) is 6.20 Å². The molecule has 0 aliphatic heterocycles. The molecule has 4 nitrogen and oxygen atoms in total. The third-order valence-corrected chi connectivity index (χ3v) is 2.16. The maximum absolute atomic E-state index is 5.68. The maximum atomic E-state index is 5.68. The van der Waals surface area contributed by atoms with Crippen LogP contribution < -0.4 is 10.1 Å². The zero-order valence-corrected chi connectivity index (χ0v) is 10.9. The molecule has 17 heavy (non-hydrogen) atoms. The standard InChI is InChI=1S/C13H19N3O/c1-6-8-14-12-15-9-10(3)11(16-12)17-13(4,5)7-2/h2,9H,6,8H2,1,3-5H3,(H,14,15,16). The number of aryl methyl sites for hydroxylation is 1. The molecule has 1 N–H and O–H groups in total. The van der Waals surface area contributed by atoms with Crippen molar-refractivity contribution in [1.29, 1.82) is 0 Å². The Balaban J connectivity index is 2.88. The monoisotopic (exact) mass is 233 g/mol. The Morgan fingerprint density at radius 2 is 2.24 bits per heavy atom. The highest BCUT2D eigenvalue weighted by Gasteiger charge is 2.18. The van der Waals surface area contributed by atoms with Crippen LogP contribution in [0.4, 0.5) is 5.95 Å². The molecule has 1 aromatic heterocycles. The van der Waals surface area contributed by atoms with Crippen molar-refractivity contribution < 1.29 is 4.74 Å². The predicted octanol–water partition coefficient (Wildman–Crippen LogP) is 2.40. The Morgan fingerprint density at radius 3 is 2.82 bits per heavy atom. The van der Waals surface area contributed by atoms with Gasteiger partial charge in [0.25, 0.3) is 0 Å². The Labute approximate surface area is 103 Å². The van der Waals surface area contributed by atoms with E-state index < -0.39 is 5.60 Å². The minimum Gasteiger partial charge on any atom is -0.458 e. The molecule has 0 atom stereocenters. The van der Waals surface area contributed by atoms with E-state index in [2.05, 4.69) is 28.1 Å². The van der Waals surface area contributed by atoms with Crippen molar-refractivity contribution in [3.8, 4) is 18.2 Å². The number of nitrogens with zero attached hydrogens (tertiary/aromatic N) is 2. The molecule has 0 unspecified atom stereocenters. The third-order valence-electron chi connectivity index (χ3n) is 2.16. The average Bonchev–Trinajstić information content (AvgIpc) is 2.30. The van der Waals surface area contributed by atoms with Gasteiger partial charge in [-0.05, 0) is 27.2 Å². The van der Waals surface area contributed by atoms with Gasteiger partial charge in [0, 0.05) is 18.3 Å². The van der Waals surface area contributed by atoms with Gasteiger partial charge >= 0.3 is 0 Å². The van der Waals surface area contributed by atoms with Crippen LogP contribution in [0, 0.1) is 19.3 Å². The fourth-order valence-corrected chi connectivity index (χ4v) is 1.12. The zero-order chi connectivity index (χ0) is 12.9. The van der Waals surface area contributed by atoms with E-state index in [-0.39, 0.29) is 0 Å². The number of anilines is 1. The second kappa shape index (κ2) is 5.53. The number of rotatable bonds is 5. The van der Waals surface area contributed by atoms with Crippen LogP contribution >= 0.6 is 0 Å². The largest absolute Gasteiger partial charge is 0.458 e. The van der Waals surface area contributed by atoms with Gasteiger partial charge < -0.3 is 10.1 Å². The lowest BCUT2D eigenvalue weighted by molar-refractivity contribution is 0.163. The van der Waals surface area contributed by atoms with Crippen LogP contribution in [-0.4, -0.2) is 22.1 Å². The van der Waals surface area contributed by atoms with Gasteiger partial charge in [0.05, 0.1) is 0 Å². The lowest BCUT2D eigenvalue weighted by Gasteiger charge is -2.20. The number of nitrogens with one attached hydrogen (secondary N) is 1. The van der Waals surface area contributed by atoms with Crippen LogP contribution in [0.2, 0.25) is 0 Å². The van der Waals surface area contributed by atoms with Crippen molar-refractivity contribution in [2.45, 2.75) is 39.7 Å². The molecule has 0 bridgehead atoms. The van der Waals surface area contributed by atoms with E-state index in [1.807, 2.05) is 20.8 Å². The molecule has 0 aliphatic carbocycles. The van der Waals surface area contributed by atoms with Gasteiger partial charge in [-0.25, -0.2) is 4.98 Å². The van der Waals surface area contributed by atoms with E-state index in [0.29, 0.717) is 11.8 Å². The maximum Gasteiger partial charge on any atom is 0.225 e.